The normalized spacial score (nSPS) is 11.2. The van der Waals surface area contributed by atoms with Crippen LogP contribution in [0.4, 0.5) is 13.2 Å². The maximum Gasteiger partial charge on any atom is 0.288 e. The molecular formula is C17H13F3N2OS2. The van der Waals surface area contributed by atoms with E-state index in [9.17, 15) is 13.2 Å². The maximum atomic E-state index is 13.2. The minimum atomic E-state index is -2.42. The van der Waals surface area contributed by atoms with Crippen LogP contribution in [0.5, 0.6) is 0 Å². The predicted molar refractivity (Wildman–Crippen MR) is 91.4 cm³/mol. The fraction of sp³-hybridized carbons (Fsp3) is 0.176. The molecule has 0 saturated heterocycles. The van der Waals surface area contributed by atoms with Gasteiger partial charge < -0.3 is 4.42 Å². The van der Waals surface area contributed by atoms with Gasteiger partial charge >= 0.3 is 0 Å². The molecule has 8 heteroatoms. The first-order valence-electron chi connectivity index (χ1n) is 7.32. The molecule has 0 bridgehead atoms. The van der Waals surface area contributed by atoms with Crippen molar-refractivity contribution in [2.75, 3.05) is 0 Å². The van der Waals surface area contributed by atoms with E-state index in [2.05, 4.69) is 10.2 Å². The van der Waals surface area contributed by atoms with Crippen LogP contribution >= 0.6 is 23.5 Å². The second kappa shape index (κ2) is 8.44. The fourth-order valence-electron chi connectivity index (χ4n) is 2.10. The average molecular weight is 382 g/mol. The Morgan fingerprint density at radius 3 is 2.52 bits per heavy atom. The van der Waals surface area contributed by atoms with Gasteiger partial charge in [-0.15, -0.1) is 10.2 Å². The summed E-state index contributed by atoms with van der Waals surface area (Å²) in [5.41, 5.74) is 1.72. The highest BCUT2D eigenvalue weighted by Crippen LogP contribution is 2.27. The van der Waals surface area contributed by atoms with Crippen molar-refractivity contribution >= 4 is 23.5 Å². The van der Waals surface area contributed by atoms with Gasteiger partial charge in [0.1, 0.15) is 5.82 Å². The Hall–Kier alpha value is -1.93. The molecule has 0 aliphatic rings. The molecule has 0 unspecified atom stereocenters. The highest BCUT2D eigenvalue weighted by atomic mass is 32.2. The Balaban J connectivity index is 1.54. The van der Waals surface area contributed by atoms with E-state index < -0.39 is 5.76 Å². The molecule has 0 aliphatic heterocycles. The third kappa shape index (κ3) is 5.54. The first-order chi connectivity index (χ1) is 12.1. The molecule has 0 fully saturated rings. The molecule has 1 aromatic heterocycles. The van der Waals surface area contributed by atoms with Crippen LogP contribution in [0, 0.1) is 5.82 Å². The molecule has 3 rings (SSSR count). The molecule has 0 N–H and O–H groups in total. The maximum absolute atomic E-state index is 13.2. The van der Waals surface area contributed by atoms with Crippen molar-refractivity contribution in [1.29, 1.82) is 0 Å². The Morgan fingerprint density at radius 1 is 1.00 bits per heavy atom. The van der Waals surface area contributed by atoms with Crippen molar-refractivity contribution in [2.24, 2.45) is 0 Å². The number of hydrogen-bond acceptors (Lipinski definition) is 5. The zero-order chi connectivity index (χ0) is 17.6. The third-order valence-corrected chi connectivity index (χ3v) is 4.82. The Kier molecular flexibility index (Phi) is 6.04. The number of nitrogens with zero attached hydrogens (tertiary/aromatic N) is 2. The van der Waals surface area contributed by atoms with E-state index in [0.717, 1.165) is 11.1 Å². The van der Waals surface area contributed by atoms with Crippen molar-refractivity contribution < 1.29 is 17.6 Å². The Labute approximate surface area is 151 Å². The molecule has 0 saturated carbocycles. The Morgan fingerprint density at radius 2 is 1.80 bits per heavy atom. The molecule has 2 aromatic carbocycles. The van der Waals surface area contributed by atoms with Crippen LogP contribution in [0.2, 0.25) is 0 Å². The summed E-state index contributed by atoms with van der Waals surface area (Å²) >= 11 is 1.88. The number of aromatic nitrogens is 2. The molecule has 0 amide bonds. The fourth-order valence-corrected chi connectivity index (χ4v) is 3.34. The summed E-state index contributed by atoms with van der Waals surface area (Å²) in [5.74, 6) is -1.73. The van der Waals surface area contributed by atoms with Crippen LogP contribution in [0.3, 0.4) is 0 Å². The number of alkyl halides is 2. The van der Waals surface area contributed by atoms with Crippen LogP contribution < -0.4 is 0 Å². The monoisotopic (exact) mass is 382 g/mol. The summed E-state index contributed by atoms with van der Waals surface area (Å²) in [4.78, 5) is 0.527. The van der Waals surface area contributed by atoms with Crippen LogP contribution in [0.1, 0.15) is 17.0 Å². The van der Waals surface area contributed by atoms with E-state index in [1.54, 1.807) is 36.4 Å². The molecular weight excluding hydrogens is 369 g/mol. The van der Waals surface area contributed by atoms with Gasteiger partial charge in [-0.05, 0) is 35.4 Å². The van der Waals surface area contributed by atoms with Gasteiger partial charge in [-0.2, -0.15) is 8.78 Å². The first kappa shape index (κ1) is 17.9. The Bertz CT molecular complexity index is 825. The van der Waals surface area contributed by atoms with E-state index in [1.165, 1.54) is 23.9 Å². The molecule has 0 radical (unpaired) electrons. The summed E-state index contributed by atoms with van der Waals surface area (Å²) in [6.07, 6.45) is 0.366. The summed E-state index contributed by atoms with van der Waals surface area (Å²) in [6.45, 7) is 0. The lowest BCUT2D eigenvalue weighted by molar-refractivity contribution is 0.252. The van der Waals surface area contributed by atoms with Gasteiger partial charge in [0, 0.05) is 10.6 Å². The zero-order valence-corrected chi connectivity index (χ0v) is 14.5. The zero-order valence-electron chi connectivity index (χ0n) is 12.9. The van der Waals surface area contributed by atoms with E-state index in [0.29, 0.717) is 39.9 Å². The average Bonchev–Trinajstić information content (AvgIpc) is 3.01. The molecule has 0 spiro atoms. The minimum absolute atomic E-state index is 0.305. The van der Waals surface area contributed by atoms with E-state index >= 15 is 0 Å². The molecule has 25 heavy (non-hydrogen) atoms. The lowest BCUT2D eigenvalue weighted by Crippen LogP contribution is -1.89. The van der Waals surface area contributed by atoms with E-state index in [1.807, 2.05) is 0 Å². The van der Waals surface area contributed by atoms with Crippen molar-refractivity contribution in [1.82, 2.24) is 10.2 Å². The summed E-state index contributed by atoms with van der Waals surface area (Å²) < 4.78 is 43.3. The molecule has 130 valence electrons. The molecule has 3 nitrogen and oxygen atoms in total. The largest absolute Gasteiger partial charge is 0.416 e. The summed E-state index contributed by atoms with van der Waals surface area (Å²) in [5, 5.41) is 8.32. The van der Waals surface area contributed by atoms with Crippen molar-refractivity contribution in [3.8, 4) is 0 Å². The number of thioether (sulfide) groups is 2. The molecule has 0 atom stereocenters. The SMILES string of the molecule is Fc1cccc(Cc2nnc(SCc3ccc(SC(F)F)cc3)o2)c1. The van der Waals surface area contributed by atoms with Gasteiger partial charge in [0.25, 0.3) is 11.0 Å². The number of hydrogen-bond donors (Lipinski definition) is 0. The number of halogens is 3. The van der Waals surface area contributed by atoms with Crippen molar-refractivity contribution in [3.63, 3.8) is 0 Å². The van der Waals surface area contributed by atoms with Crippen LogP contribution in [0.25, 0.3) is 0 Å². The lowest BCUT2D eigenvalue weighted by Gasteiger charge is -2.02. The van der Waals surface area contributed by atoms with Gasteiger partial charge in [0.05, 0.1) is 6.42 Å². The van der Waals surface area contributed by atoms with Crippen molar-refractivity contribution in [2.45, 2.75) is 28.0 Å². The molecule has 1 heterocycles. The minimum Gasteiger partial charge on any atom is -0.416 e. The topological polar surface area (TPSA) is 38.9 Å². The van der Waals surface area contributed by atoms with Crippen LogP contribution in [-0.2, 0) is 12.2 Å². The van der Waals surface area contributed by atoms with E-state index in [4.69, 9.17) is 4.42 Å². The van der Waals surface area contributed by atoms with Gasteiger partial charge in [-0.3, -0.25) is 0 Å². The lowest BCUT2D eigenvalue weighted by atomic mass is 10.1. The van der Waals surface area contributed by atoms with Gasteiger partial charge in [-0.1, -0.05) is 47.8 Å². The van der Waals surface area contributed by atoms with Gasteiger partial charge in [-0.25, -0.2) is 4.39 Å². The standard InChI is InChI=1S/C17H13F3N2OS2/c18-13-3-1-2-12(8-13)9-15-21-22-17(23-15)24-10-11-4-6-14(7-5-11)25-16(19)20/h1-8,16H,9-10H2. The molecule has 0 aliphatic carbocycles. The van der Waals surface area contributed by atoms with Gasteiger partial charge in [0.2, 0.25) is 5.89 Å². The predicted octanol–water partition coefficient (Wildman–Crippen LogP) is 5.41. The first-order valence-corrected chi connectivity index (χ1v) is 9.18. The number of rotatable bonds is 7. The highest BCUT2D eigenvalue weighted by Gasteiger charge is 2.09. The third-order valence-electron chi connectivity index (χ3n) is 3.20. The van der Waals surface area contributed by atoms with Gasteiger partial charge in [0.15, 0.2) is 0 Å². The quantitative estimate of drug-likeness (QED) is 0.511. The second-order valence-electron chi connectivity index (χ2n) is 5.08. The summed E-state index contributed by atoms with van der Waals surface area (Å²) in [7, 11) is 0. The van der Waals surface area contributed by atoms with Crippen LogP contribution in [-0.4, -0.2) is 16.0 Å². The second-order valence-corrected chi connectivity index (χ2v) is 7.07. The van der Waals surface area contributed by atoms with E-state index in [-0.39, 0.29) is 5.82 Å². The number of benzene rings is 2. The van der Waals surface area contributed by atoms with Crippen molar-refractivity contribution in [3.05, 3.63) is 71.4 Å². The smallest absolute Gasteiger partial charge is 0.288 e. The highest BCUT2D eigenvalue weighted by molar-refractivity contribution is 7.99. The van der Waals surface area contributed by atoms with Crippen LogP contribution in [0.15, 0.2) is 63.1 Å². The summed E-state index contributed by atoms with van der Waals surface area (Å²) in [6, 6.07) is 13.1. The molecule has 3 aromatic rings.